The van der Waals surface area contributed by atoms with Gasteiger partial charge in [-0.1, -0.05) is 64.1 Å². The molecular formula is C71H86F6N6O6. The van der Waals surface area contributed by atoms with Gasteiger partial charge in [0.25, 0.3) is 11.1 Å². The average Bonchev–Trinajstić information content (AvgIpc) is 2.64. The minimum Gasteiger partial charge on any atom is -0.347 e. The number of benzene rings is 4. The minimum absolute atomic E-state index is 0.0514. The zero-order valence-corrected chi connectivity index (χ0v) is 53.4. The molecule has 2 amide bonds. The van der Waals surface area contributed by atoms with E-state index in [1.165, 1.54) is 32.3 Å². The van der Waals surface area contributed by atoms with E-state index in [9.17, 15) is 46.3 Å². The quantitative estimate of drug-likeness (QED) is 0.0571. The van der Waals surface area contributed by atoms with E-state index in [1.54, 1.807) is 38.1 Å². The highest BCUT2D eigenvalue weighted by Gasteiger charge is 2.33. The van der Waals surface area contributed by atoms with Crippen molar-refractivity contribution in [3.63, 3.8) is 0 Å². The summed E-state index contributed by atoms with van der Waals surface area (Å²) in [7, 11) is 0. The van der Waals surface area contributed by atoms with E-state index in [0.29, 0.717) is 80.8 Å². The number of alkyl halides is 2. The number of pyridine rings is 2. The maximum absolute atomic E-state index is 15.8. The van der Waals surface area contributed by atoms with Gasteiger partial charge in [-0.25, -0.2) is 26.3 Å². The Balaban J connectivity index is 0.000000254. The van der Waals surface area contributed by atoms with Crippen LogP contribution in [0.5, 0.6) is 0 Å². The van der Waals surface area contributed by atoms with Crippen LogP contribution in [0, 0.1) is 76.6 Å². The van der Waals surface area contributed by atoms with Crippen LogP contribution in [0.25, 0.3) is 22.3 Å². The largest absolute Gasteiger partial charge is 0.347 e. The summed E-state index contributed by atoms with van der Waals surface area (Å²) >= 11 is 0. The maximum Gasteiger partial charge on any atom is 0.287 e. The van der Waals surface area contributed by atoms with Gasteiger partial charge in [0.2, 0.25) is 11.8 Å². The zero-order chi connectivity index (χ0) is 65.3. The molecule has 4 aromatic carbocycles. The topological polar surface area (TPSA) is 143 Å². The van der Waals surface area contributed by atoms with Crippen molar-refractivity contribution in [3.8, 4) is 22.3 Å². The molecule has 4 heterocycles. The second-order valence-corrected chi connectivity index (χ2v) is 25.5. The van der Waals surface area contributed by atoms with Crippen molar-refractivity contribution in [2.45, 2.75) is 165 Å². The van der Waals surface area contributed by atoms with Gasteiger partial charge >= 0.3 is 0 Å². The number of Topliss-reactive ketones (excluding diaryl/α,β-unsaturated/α-hetero) is 2. The van der Waals surface area contributed by atoms with Gasteiger partial charge < -0.3 is 24.7 Å². The number of aryl methyl sites for hydroxylation is 6. The molecule has 0 saturated carbocycles. The first-order valence-corrected chi connectivity index (χ1v) is 30.9. The van der Waals surface area contributed by atoms with Gasteiger partial charge in [0, 0.05) is 75.6 Å². The predicted molar refractivity (Wildman–Crippen MR) is 337 cm³/mol. The Morgan fingerprint density at radius 2 is 0.899 bits per heavy atom. The van der Waals surface area contributed by atoms with Crippen LogP contribution in [0.2, 0.25) is 0 Å². The molecule has 5 atom stereocenters. The van der Waals surface area contributed by atoms with E-state index in [2.05, 4.69) is 10.6 Å². The molecule has 2 aliphatic heterocycles. The van der Waals surface area contributed by atoms with Crippen LogP contribution in [-0.2, 0) is 32.0 Å². The second-order valence-electron chi connectivity index (χ2n) is 25.5. The van der Waals surface area contributed by atoms with Crippen molar-refractivity contribution >= 4 is 23.4 Å². The Hall–Kier alpha value is -7.44. The summed E-state index contributed by atoms with van der Waals surface area (Å²) in [6.07, 6.45) is 2.53. The van der Waals surface area contributed by atoms with Crippen LogP contribution in [0.3, 0.4) is 0 Å². The fraction of sp³-hybridized carbons (Fsp3) is 0.465. The molecule has 18 heteroatoms. The molecular weight excluding hydrogens is 1150 g/mol. The number of amides is 2. The molecule has 478 valence electrons. The molecule has 0 aliphatic carbocycles. The molecule has 8 rings (SSSR count). The van der Waals surface area contributed by atoms with Gasteiger partial charge in [0.15, 0.2) is 11.6 Å². The Morgan fingerprint density at radius 3 is 1.24 bits per heavy atom. The van der Waals surface area contributed by atoms with Gasteiger partial charge in [0.05, 0.1) is 12.1 Å². The molecule has 0 spiro atoms. The Labute approximate surface area is 519 Å². The fourth-order valence-electron chi connectivity index (χ4n) is 12.3. The molecule has 0 radical (unpaired) electrons. The Bertz CT molecular complexity index is 3650. The van der Waals surface area contributed by atoms with E-state index in [0.717, 1.165) is 59.7 Å². The lowest BCUT2D eigenvalue weighted by atomic mass is 9.90. The molecule has 89 heavy (non-hydrogen) atoms. The van der Waals surface area contributed by atoms with Crippen molar-refractivity contribution in [1.29, 1.82) is 0 Å². The number of hydrogen-bond donors (Lipinski definition) is 2. The number of halogens is 6. The molecule has 0 unspecified atom stereocenters. The van der Waals surface area contributed by atoms with E-state index < -0.39 is 82.7 Å². The number of hydrogen-bond acceptors (Lipinski definition) is 8. The molecule has 2 N–H and O–H groups in total. The third-order valence-corrected chi connectivity index (χ3v) is 16.8. The molecule has 2 aromatic heterocycles. The van der Waals surface area contributed by atoms with E-state index in [-0.39, 0.29) is 60.2 Å². The highest BCUT2D eigenvalue weighted by atomic mass is 19.2. The number of carbonyl (C=O) groups excluding carboxylic acids is 4. The number of likely N-dealkylation sites (tertiary alicyclic amines) is 2. The molecule has 2 fully saturated rings. The predicted octanol–water partition coefficient (Wildman–Crippen LogP) is 13.1. The maximum atomic E-state index is 15.8. The average molecular weight is 1230 g/mol. The number of rotatable bonds is 24. The second kappa shape index (κ2) is 30.4. The fourth-order valence-corrected chi connectivity index (χ4v) is 12.3. The lowest BCUT2D eigenvalue weighted by Gasteiger charge is -2.34. The van der Waals surface area contributed by atoms with Crippen LogP contribution in [-0.4, -0.2) is 93.9 Å². The van der Waals surface area contributed by atoms with Crippen molar-refractivity contribution in [3.05, 3.63) is 185 Å². The third kappa shape index (κ3) is 17.7. The lowest BCUT2D eigenvalue weighted by molar-refractivity contribution is -0.127. The van der Waals surface area contributed by atoms with Crippen molar-refractivity contribution in [1.82, 2.24) is 29.6 Å². The number of nitrogens with one attached hydrogen (secondary N) is 2. The number of carbonyl (C=O) groups is 4. The molecule has 2 aliphatic rings. The minimum atomic E-state index is -1.10. The zero-order valence-electron chi connectivity index (χ0n) is 53.4. The van der Waals surface area contributed by atoms with Crippen LogP contribution in [0.4, 0.5) is 26.3 Å². The highest BCUT2D eigenvalue weighted by molar-refractivity contribution is 5.84. The number of nitrogens with zero attached hydrogens (tertiary/aromatic N) is 4. The van der Waals surface area contributed by atoms with Crippen LogP contribution in [0.15, 0.2) is 94.8 Å². The summed E-state index contributed by atoms with van der Waals surface area (Å²) in [5.74, 6) is -4.86. The summed E-state index contributed by atoms with van der Waals surface area (Å²) in [6.45, 7) is 24.0. The monoisotopic (exact) mass is 1230 g/mol. The van der Waals surface area contributed by atoms with Crippen molar-refractivity contribution in [2.75, 3.05) is 39.3 Å². The van der Waals surface area contributed by atoms with E-state index in [4.69, 9.17) is 0 Å². The van der Waals surface area contributed by atoms with Crippen LogP contribution >= 0.6 is 0 Å². The molecule has 6 aromatic rings. The Kier molecular flexibility index (Phi) is 23.6. The first kappa shape index (κ1) is 69.0. The van der Waals surface area contributed by atoms with Crippen molar-refractivity contribution in [2.24, 2.45) is 11.8 Å². The summed E-state index contributed by atoms with van der Waals surface area (Å²) < 4.78 is 90.6. The normalized spacial score (nSPS) is 15.9. The summed E-state index contributed by atoms with van der Waals surface area (Å²) in [6, 6.07) is 16.7. The van der Waals surface area contributed by atoms with Crippen LogP contribution in [0.1, 0.15) is 153 Å². The smallest absolute Gasteiger partial charge is 0.287 e. The standard InChI is InChI=1S/C36H44F3N3O3.C35H42F3N3O3/c1-21(2)14-32(42-19-26(17-30(38)36(42)45)10-12-41-13-11-28(37)20-41)35(44)40-31(16-25(6)43)29-18-27(15-24(5)34(29)39)33-22(3)8-7-9-23(33)4;1-20(2)12-31(41-17-25(15-29(37)35(41)44)10-11-40-18-27(36)19-40)34(43)39-30(14-24(6)42)28-16-26(13-23(5)33(28)38)32-21(3)8-7-9-22(32)4/h7-9,15,17-19,21,28,31-32H,10-14,16,20H2,1-6H3,(H,40,44);7-9,13,15-17,20,27,30-31H,10-12,14,18-19H2,1-6H3,(H,39,43)/t28-,31+,32+;30-,31-/m10/s1. The van der Waals surface area contributed by atoms with Gasteiger partial charge in [-0.05, 0) is 202 Å². The number of ketones is 2. The highest BCUT2D eigenvalue weighted by Crippen LogP contribution is 2.36. The Morgan fingerprint density at radius 1 is 0.528 bits per heavy atom. The summed E-state index contributed by atoms with van der Waals surface area (Å²) in [4.78, 5) is 82.7. The van der Waals surface area contributed by atoms with Crippen molar-refractivity contribution < 1.29 is 45.5 Å². The van der Waals surface area contributed by atoms with Gasteiger partial charge in [0.1, 0.15) is 47.6 Å². The third-order valence-electron chi connectivity index (χ3n) is 16.8. The van der Waals surface area contributed by atoms with Gasteiger partial charge in [-0.3, -0.25) is 33.7 Å². The van der Waals surface area contributed by atoms with Gasteiger partial charge in [-0.15, -0.1) is 0 Å². The first-order chi connectivity index (χ1) is 42.0. The number of aromatic nitrogens is 2. The van der Waals surface area contributed by atoms with E-state index in [1.807, 2.05) is 102 Å². The van der Waals surface area contributed by atoms with Gasteiger partial charge in [-0.2, -0.15) is 0 Å². The molecule has 12 nitrogen and oxygen atoms in total. The summed E-state index contributed by atoms with van der Waals surface area (Å²) in [5.41, 5.74) is 7.67. The SMILES string of the molecule is CC(=O)C[C@H](NC(=O)[C@H](CC(C)C)n1cc(CCN2CC(F)C2)cc(F)c1=O)c1cc(-c2c(C)cccc2C)cc(C)c1F.CC(=O)C[C@H](NC(=O)[C@H](CC(C)C)n1cc(CCN2CC[C@@H](F)C2)cc(F)c1=O)c1cc(-c2c(C)cccc2C)cc(C)c1F. The lowest BCUT2D eigenvalue weighted by Crippen LogP contribution is -2.49. The molecule has 0 bridgehead atoms. The molecule has 2 saturated heterocycles. The van der Waals surface area contributed by atoms with E-state index >= 15 is 8.78 Å². The summed E-state index contributed by atoms with van der Waals surface area (Å²) in [5, 5.41) is 5.71. The van der Waals surface area contributed by atoms with Crippen LogP contribution < -0.4 is 21.8 Å². The first-order valence-electron chi connectivity index (χ1n) is 30.9.